The first kappa shape index (κ1) is 12.7. The summed E-state index contributed by atoms with van der Waals surface area (Å²) in [5.74, 6) is 0.0846. The van der Waals surface area contributed by atoms with Gasteiger partial charge in [-0.3, -0.25) is 14.9 Å². The molecule has 1 aromatic carbocycles. The SMILES string of the molecule is COc1ccc2c(c1)c(C1CCC(=O)NC1=O)cn2C. The van der Waals surface area contributed by atoms with Crippen molar-refractivity contribution in [3.05, 3.63) is 30.0 Å². The van der Waals surface area contributed by atoms with Gasteiger partial charge in [-0.1, -0.05) is 0 Å². The number of piperidine rings is 1. The first-order chi connectivity index (χ1) is 9.60. The molecule has 3 rings (SSSR count). The zero-order valence-corrected chi connectivity index (χ0v) is 11.5. The van der Waals surface area contributed by atoms with E-state index in [4.69, 9.17) is 4.74 Å². The molecule has 2 amide bonds. The number of ether oxygens (including phenoxy) is 1. The van der Waals surface area contributed by atoms with E-state index in [1.165, 1.54) is 0 Å². The number of nitrogens with one attached hydrogen (secondary N) is 1. The fraction of sp³-hybridized carbons (Fsp3) is 0.333. The molecule has 0 aliphatic carbocycles. The van der Waals surface area contributed by atoms with Crippen molar-refractivity contribution in [3.8, 4) is 5.75 Å². The second-order valence-corrected chi connectivity index (χ2v) is 5.08. The minimum atomic E-state index is -0.275. The lowest BCUT2D eigenvalue weighted by molar-refractivity contribution is -0.134. The van der Waals surface area contributed by atoms with Gasteiger partial charge in [-0.15, -0.1) is 0 Å². The van der Waals surface area contributed by atoms with Gasteiger partial charge in [-0.05, 0) is 30.2 Å². The van der Waals surface area contributed by atoms with Gasteiger partial charge in [0.05, 0.1) is 13.0 Å². The van der Waals surface area contributed by atoms with E-state index in [-0.39, 0.29) is 17.7 Å². The van der Waals surface area contributed by atoms with Gasteiger partial charge in [-0.2, -0.15) is 0 Å². The highest BCUT2D eigenvalue weighted by Gasteiger charge is 2.30. The van der Waals surface area contributed by atoms with Crippen LogP contribution < -0.4 is 10.1 Å². The highest BCUT2D eigenvalue weighted by Crippen LogP contribution is 2.33. The van der Waals surface area contributed by atoms with E-state index in [9.17, 15) is 9.59 Å². The average Bonchev–Trinajstić information content (AvgIpc) is 2.75. The quantitative estimate of drug-likeness (QED) is 0.847. The summed E-state index contributed by atoms with van der Waals surface area (Å²) in [6.45, 7) is 0. The Labute approximate surface area is 116 Å². The van der Waals surface area contributed by atoms with E-state index < -0.39 is 0 Å². The smallest absolute Gasteiger partial charge is 0.234 e. The topological polar surface area (TPSA) is 60.3 Å². The Balaban J connectivity index is 2.11. The Bertz CT molecular complexity index is 702. The van der Waals surface area contributed by atoms with Crippen LogP contribution >= 0.6 is 0 Å². The predicted octanol–water partition coefficient (Wildman–Crippen LogP) is 1.71. The minimum Gasteiger partial charge on any atom is -0.497 e. The molecular formula is C15H16N2O3. The molecule has 0 radical (unpaired) electrons. The predicted molar refractivity (Wildman–Crippen MR) is 74.6 cm³/mol. The summed E-state index contributed by atoms with van der Waals surface area (Å²) in [6, 6.07) is 5.81. The van der Waals surface area contributed by atoms with Gasteiger partial charge in [0.15, 0.2) is 0 Å². The molecule has 1 unspecified atom stereocenters. The third-order valence-electron chi connectivity index (χ3n) is 3.84. The molecule has 1 aromatic heterocycles. The minimum absolute atomic E-state index is 0.191. The van der Waals surface area contributed by atoms with Crippen molar-refractivity contribution in [2.45, 2.75) is 18.8 Å². The second kappa shape index (κ2) is 4.67. The molecule has 1 N–H and O–H groups in total. The van der Waals surface area contributed by atoms with Crippen molar-refractivity contribution in [3.63, 3.8) is 0 Å². The van der Waals surface area contributed by atoms with Gasteiger partial charge < -0.3 is 9.30 Å². The van der Waals surface area contributed by atoms with Crippen molar-refractivity contribution < 1.29 is 14.3 Å². The highest BCUT2D eigenvalue weighted by molar-refractivity contribution is 6.03. The first-order valence-electron chi connectivity index (χ1n) is 6.57. The highest BCUT2D eigenvalue weighted by atomic mass is 16.5. The molecule has 2 heterocycles. The number of amides is 2. The summed E-state index contributed by atoms with van der Waals surface area (Å²) in [5.41, 5.74) is 2.00. The summed E-state index contributed by atoms with van der Waals surface area (Å²) in [7, 11) is 3.57. The summed E-state index contributed by atoms with van der Waals surface area (Å²) in [4.78, 5) is 23.3. The van der Waals surface area contributed by atoms with E-state index in [2.05, 4.69) is 5.32 Å². The number of hydrogen-bond acceptors (Lipinski definition) is 3. The Morgan fingerprint density at radius 3 is 2.85 bits per heavy atom. The van der Waals surface area contributed by atoms with Gasteiger partial charge in [0.1, 0.15) is 5.75 Å². The average molecular weight is 272 g/mol. The van der Waals surface area contributed by atoms with E-state index in [1.54, 1.807) is 7.11 Å². The van der Waals surface area contributed by atoms with Crippen molar-refractivity contribution in [2.75, 3.05) is 7.11 Å². The number of aromatic nitrogens is 1. The summed E-state index contributed by atoms with van der Waals surface area (Å²) in [6.07, 6.45) is 2.90. The summed E-state index contributed by atoms with van der Waals surface area (Å²) in [5, 5.41) is 3.41. The van der Waals surface area contributed by atoms with Crippen molar-refractivity contribution in [1.82, 2.24) is 9.88 Å². The normalized spacial score (nSPS) is 19.2. The molecule has 2 aromatic rings. The fourth-order valence-corrected chi connectivity index (χ4v) is 2.80. The molecule has 20 heavy (non-hydrogen) atoms. The Kier molecular flexibility index (Phi) is 2.97. The maximum Gasteiger partial charge on any atom is 0.234 e. The molecule has 104 valence electrons. The maximum atomic E-state index is 12.0. The summed E-state index contributed by atoms with van der Waals surface area (Å²) >= 11 is 0. The van der Waals surface area contributed by atoms with Gasteiger partial charge in [-0.25, -0.2) is 0 Å². The fourth-order valence-electron chi connectivity index (χ4n) is 2.80. The van der Waals surface area contributed by atoms with Crippen LogP contribution in [-0.2, 0) is 16.6 Å². The number of methoxy groups -OCH3 is 1. The molecule has 1 aliphatic rings. The number of aryl methyl sites for hydroxylation is 1. The van der Waals surface area contributed by atoms with Gasteiger partial charge >= 0.3 is 0 Å². The van der Waals surface area contributed by atoms with Crippen LogP contribution in [-0.4, -0.2) is 23.5 Å². The van der Waals surface area contributed by atoms with Crippen molar-refractivity contribution in [1.29, 1.82) is 0 Å². The van der Waals surface area contributed by atoms with Gasteiger partial charge in [0.25, 0.3) is 0 Å². The number of rotatable bonds is 2. The van der Waals surface area contributed by atoms with E-state index in [0.717, 1.165) is 22.2 Å². The lowest BCUT2D eigenvalue weighted by atomic mass is 9.90. The largest absolute Gasteiger partial charge is 0.497 e. The lowest BCUT2D eigenvalue weighted by Gasteiger charge is -2.20. The number of carbonyl (C=O) groups is 2. The number of nitrogens with zero attached hydrogens (tertiary/aromatic N) is 1. The molecule has 0 saturated carbocycles. The molecular weight excluding hydrogens is 256 g/mol. The van der Waals surface area contributed by atoms with E-state index >= 15 is 0 Å². The zero-order chi connectivity index (χ0) is 14.3. The second-order valence-electron chi connectivity index (χ2n) is 5.08. The van der Waals surface area contributed by atoms with Crippen molar-refractivity contribution >= 4 is 22.7 Å². The molecule has 1 fully saturated rings. The molecule has 0 bridgehead atoms. The van der Waals surface area contributed by atoms with Gasteiger partial charge in [0, 0.05) is 30.6 Å². The first-order valence-corrected chi connectivity index (χ1v) is 6.57. The third kappa shape index (κ3) is 1.95. The van der Waals surface area contributed by atoms with Crippen LogP contribution in [0.5, 0.6) is 5.75 Å². The number of hydrogen-bond donors (Lipinski definition) is 1. The Hall–Kier alpha value is -2.30. The van der Waals surface area contributed by atoms with Crippen molar-refractivity contribution in [2.24, 2.45) is 7.05 Å². The molecule has 0 spiro atoms. The number of carbonyl (C=O) groups excluding carboxylic acids is 2. The molecule has 1 saturated heterocycles. The molecule has 1 atom stereocenters. The third-order valence-corrected chi connectivity index (χ3v) is 3.84. The Morgan fingerprint density at radius 1 is 1.35 bits per heavy atom. The molecule has 5 nitrogen and oxygen atoms in total. The molecule has 1 aliphatic heterocycles. The van der Waals surface area contributed by atoms with Crippen LogP contribution in [0.25, 0.3) is 10.9 Å². The van der Waals surface area contributed by atoms with Crippen LogP contribution in [0.2, 0.25) is 0 Å². The lowest BCUT2D eigenvalue weighted by Crippen LogP contribution is -2.39. The monoisotopic (exact) mass is 272 g/mol. The zero-order valence-electron chi connectivity index (χ0n) is 11.5. The number of imide groups is 1. The molecule has 5 heteroatoms. The van der Waals surface area contributed by atoms with Crippen LogP contribution in [0.4, 0.5) is 0 Å². The standard InChI is InChI=1S/C15H16N2O3/c1-17-8-12(10-4-6-14(18)16-15(10)19)11-7-9(20-2)3-5-13(11)17/h3,5,7-8,10H,4,6H2,1-2H3,(H,16,18,19). The number of fused-ring (bicyclic) bond motifs is 1. The Morgan fingerprint density at radius 2 is 2.15 bits per heavy atom. The van der Waals surface area contributed by atoms with Crippen LogP contribution in [0.1, 0.15) is 24.3 Å². The van der Waals surface area contributed by atoms with Gasteiger partial charge in [0.2, 0.25) is 11.8 Å². The van der Waals surface area contributed by atoms with E-state index in [1.807, 2.05) is 36.0 Å². The van der Waals surface area contributed by atoms with Crippen LogP contribution in [0.15, 0.2) is 24.4 Å². The summed E-state index contributed by atoms with van der Waals surface area (Å²) < 4.78 is 7.25. The van der Waals surface area contributed by atoms with E-state index in [0.29, 0.717) is 12.8 Å². The maximum absolute atomic E-state index is 12.0. The number of benzene rings is 1. The van der Waals surface area contributed by atoms with Crippen LogP contribution in [0, 0.1) is 0 Å². The van der Waals surface area contributed by atoms with Crippen LogP contribution in [0.3, 0.4) is 0 Å².